The summed E-state index contributed by atoms with van der Waals surface area (Å²) in [6.07, 6.45) is 0. The van der Waals surface area contributed by atoms with Crippen LogP contribution >= 0.6 is 22.6 Å². The quantitative estimate of drug-likeness (QED) is 0.869. The van der Waals surface area contributed by atoms with Crippen LogP contribution in [-0.4, -0.2) is 0 Å². The van der Waals surface area contributed by atoms with Gasteiger partial charge in [0.15, 0.2) is 0 Å². The van der Waals surface area contributed by atoms with Crippen LogP contribution in [0, 0.1) is 21.8 Å². The number of anilines is 1. The topological polar surface area (TPSA) is 49.0 Å². The number of benzene rings is 1. The smallest absolute Gasteiger partial charge is 0.203 e. The number of nitrogens with one attached hydrogen (secondary N) is 1. The second-order valence-electron chi connectivity index (χ2n) is 3.64. The first-order valence-electron chi connectivity index (χ1n) is 5.18. The van der Waals surface area contributed by atoms with Crippen molar-refractivity contribution in [3.63, 3.8) is 0 Å². The third-order valence-corrected chi connectivity index (χ3v) is 3.66. The van der Waals surface area contributed by atoms with E-state index < -0.39 is 0 Å². The Morgan fingerprint density at radius 2 is 2.18 bits per heavy atom. The molecule has 0 fully saturated rings. The van der Waals surface area contributed by atoms with Crippen molar-refractivity contribution < 1.29 is 4.42 Å². The van der Waals surface area contributed by atoms with E-state index in [0.717, 1.165) is 11.4 Å². The highest BCUT2D eigenvalue weighted by molar-refractivity contribution is 14.1. The van der Waals surface area contributed by atoms with Gasteiger partial charge >= 0.3 is 0 Å². The zero-order valence-electron chi connectivity index (χ0n) is 9.33. The van der Waals surface area contributed by atoms with Crippen LogP contribution in [0.3, 0.4) is 0 Å². The highest BCUT2D eigenvalue weighted by Gasteiger charge is 2.03. The lowest BCUT2D eigenvalue weighted by Crippen LogP contribution is -2.00. The van der Waals surface area contributed by atoms with E-state index in [9.17, 15) is 0 Å². The van der Waals surface area contributed by atoms with Crippen molar-refractivity contribution in [2.75, 3.05) is 5.32 Å². The lowest BCUT2D eigenvalue weighted by molar-refractivity contribution is 0.506. The van der Waals surface area contributed by atoms with Crippen molar-refractivity contribution in [2.24, 2.45) is 0 Å². The van der Waals surface area contributed by atoms with Crippen molar-refractivity contribution in [3.8, 4) is 6.07 Å². The number of nitriles is 1. The normalized spacial score (nSPS) is 9.94. The molecule has 0 radical (unpaired) electrons. The molecule has 1 aromatic heterocycles. The van der Waals surface area contributed by atoms with E-state index in [-0.39, 0.29) is 0 Å². The minimum absolute atomic E-state index is 0.348. The van der Waals surface area contributed by atoms with Crippen LogP contribution in [0.2, 0.25) is 0 Å². The summed E-state index contributed by atoms with van der Waals surface area (Å²) in [5.41, 5.74) is 2.31. The molecule has 0 saturated carbocycles. The molecule has 0 spiro atoms. The van der Waals surface area contributed by atoms with Crippen LogP contribution < -0.4 is 5.32 Å². The summed E-state index contributed by atoms with van der Waals surface area (Å²) in [4.78, 5) is 0. The van der Waals surface area contributed by atoms with E-state index in [0.29, 0.717) is 12.3 Å². The van der Waals surface area contributed by atoms with Crippen LogP contribution in [0.5, 0.6) is 0 Å². The average Bonchev–Trinajstić information content (AvgIpc) is 2.79. The van der Waals surface area contributed by atoms with Crippen LogP contribution in [0.4, 0.5) is 5.69 Å². The van der Waals surface area contributed by atoms with Gasteiger partial charge in [-0.1, -0.05) is 6.07 Å². The molecule has 1 N–H and O–H groups in total. The molecule has 0 unspecified atom stereocenters. The van der Waals surface area contributed by atoms with E-state index >= 15 is 0 Å². The van der Waals surface area contributed by atoms with E-state index in [1.807, 2.05) is 24.3 Å². The summed E-state index contributed by atoms with van der Waals surface area (Å²) in [5.74, 6) is 1.11. The van der Waals surface area contributed by atoms with Gasteiger partial charge in [0, 0.05) is 9.26 Å². The number of furan rings is 1. The highest BCUT2D eigenvalue weighted by Crippen LogP contribution is 2.21. The Kier molecular flexibility index (Phi) is 3.69. The van der Waals surface area contributed by atoms with E-state index in [4.69, 9.17) is 9.68 Å². The molecule has 0 amide bonds. The molecule has 2 rings (SSSR count). The van der Waals surface area contributed by atoms with Crippen molar-refractivity contribution in [1.29, 1.82) is 5.26 Å². The Hall–Kier alpha value is -1.48. The van der Waals surface area contributed by atoms with Crippen molar-refractivity contribution in [3.05, 3.63) is 51.0 Å². The van der Waals surface area contributed by atoms with Gasteiger partial charge in [-0.3, -0.25) is 0 Å². The highest BCUT2D eigenvalue weighted by atomic mass is 127. The maximum Gasteiger partial charge on any atom is 0.203 e. The second kappa shape index (κ2) is 5.23. The Balaban J connectivity index is 2.07. The van der Waals surface area contributed by atoms with Gasteiger partial charge in [-0.05, 0) is 59.3 Å². The minimum atomic E-state index is 0.348. The molecule has 1 heterocycles. The number of rotatable bonds is 3. The predicted molar refractivity (Wildman–Crippen MR) is 74.6 cm³/mol. The standard InChI is InChI=1S/C13H11IN2O/c1-9-12(14)3-2-4-13(9)16-8-11-6-5-10(7-15)17-11/h2-6,16H,8H2,1H3. The van der Waals surface area contributed by atoms with Gasteiger partial charge in [-0.15, -0.1) is 0 Å². The summed E-state index contributed by atoms with van der Waals surface area (Å²) in [6, 6.07) is 11.6. The van der Waals surface area contributed by atoms with Crippen LogP contribution in [0.1, 0.15) is 17.1 Å². The molecule has 2 aromatic rings. The fourth-order valence-electron chi connectivity index (χ4n) is 1.51. The van der Waals surface area contributed by atoms with Gasteiger partial charge in [0.25, 0.3) is 0 Å². The number of nitrogens with zero attached hydrogens (tertiary/aromatic N) is 1. The molecular weight excluding hydrogens is 327 g/mol. The molecule has 3 nitrogen and oxygen atoms in total. The Labute approximate surface area is 114 Å². The first-order valence-corrected chi connectivity index (χ1v) is 6.26. The molecule has 1 aromatic carbocycles. The van der Waals surface area contributed by atoms with Gasteiger partial charge in [-0.25, -0.2) is 0 Å². The Morgan fingerprint density at radius 1 is 1.35 bits per heavy atom. The van der Waals surface area contributed by atoms with E-state index in [1.165, 1.54) is 9.13 Å². The molecule has 17 heavy (non-hydrogen) atoms. The molecular formula is C13H11IN2O. The molecule has 4 heteroatoms. The minimum Gasteiger partial charge on any atom is -0.449 e. The van der Waals surface area contributed by atoms with E-state index in [1.54, 1.807) is 6.07 Å². The van der Waals surface area contributed by atoms with Gasteiger partial charge in [0.05, 0.1) is 6.54 Å². The molecule has 86 valence electrons. The lowest BCUT2D eigenvalue weighted by atomic mass is 10.2. The SMILES string of the molecule is Cc1c(I)cccc1NCc1ccc(C#N)o1. The van der Waals surface area contributed by atoms with Gasteiger partial charge in [0.2, 0.25) is 5.76 Å². The fraction of sp³-hybridized carbons (Fsp3) is 0.154. The molecule has 0 aliphatic carbocycles. The summed E-state index contributed by atoms with van der Waals surface area (Å²) in [5, 5.41) is 12.0. The summed E-state index contributed by atoms with van der Waals surface area (Å²) < 4.78 is 6.53. The predicted octanol–water partition coefficient (Wildman–Crippen LogP) is 3.68. The molecule has 0 bridgehead atoms. The molecule has 0 atom stereocenters. The summed E-state index contributed by atoms with van der Waals surface area (Å²) in [6.45, 7) is 2.66. The van der Waals surface area contributed by atoms with Crippen LogP contribution in [0.15, 0.2) is 34.7 Å². The van der Waals surface area contributed by atoms with Gasteiger partial charge < -0.3 is 9.73 Å². The van der Waals surface area contributed by atoms with Crippen molar-refractivity contribution >= 4 is 28.3 Å². The maximum atomic E-state index is 8.65. The summed E-state index contributed by atoms with van der Waals surface area (Å²) >= 11 is 2.31. The van der Waals surface area contributed by atoms with E-state index in [2.05, 4.69) is 40.9 Å². The second-order valence-corrected chi connectivity index (χ2v) is 4.81. The fourth-order valence-corrected chi connectivity index (χ4v) is 2.01. The largest absolute Gasteiger partial charge is 0.449 e. The summed E-state index contributed by atoms with van der Waals surface area (Å²) in [7, 11) is 0. The molecule has 0 aliphatic heterocycles. The Bertz CT molecular complexity index is 569. The monoisotopic (exact) mass is 338 g/mol. The first kappa shape index (κ1) is 12.0. The number of hydrogen-bond acceptors (Lipinski definition) is 3. The number of halogens is 1. The van der Waals surface area contributed by atoms with Crippen molar-refractivity contribution in [1.82, 2.24) is 0 Å². The average molecular weight is 338 g/mol. The van der Waals surface area contributed by atoms with Crippen LogP contribution in [0.25, 0.3) is 0 Å². The van der Waals surface area contributed by atoms with Crippen molar-refractivity contribution in [2.45, 2.75) is 13.5 Å². The van der Waals surface area contributed by atoms with Crippen LogP contribution in [-0.2, 0) is 6.54 Å². The first-order chi connectivity index (χ1) is 8.20. The van der Waals surface area contributed by atoms with Gasteiger partial charge in [-0.2, -0.15) is 5.26 Å². The molecule has 0 aliphatic rings. The third-order valence-electron chi connectivity index (χ3n) is 2.49. The van der Waals surface area contributed by atoms with Gasteiger partial charge in [0.1, 0.15) is 11.8 Å². The lowest BCUT2D eigenvalue weighted by Gasteiger charge is -2.09. The third kappa shape index (κ3) is 2.80. The number of hydrogen-bond donors (Lipinski definition) is 1. The zero-order valence-corrected chi connectivity index (χ0v) is 11.5. The maximum absolute atomic E-state index is 8.65. The molecule has 0 saturated heterocycles. The Morgan fingerprint density at radius 3 is 2.88 bits per heavy atom. The zero-order chi connectivity index (χ0) is 12.3.